The number of rotatable bonds is 5. The van der Waals surface area contributed by atoms with Crippen LogP contribution in [-0.2, 0) is 4.79 Å². The Labute approximate surface area is 129 Å². The number of allylic oxidation sites excluding steroid dienone is 1. The number of carbonyl (C=O) groups is 1. The van der Waals surface area contributed by atoms with Gasteiger partial charge in [0.05, 0.1) is 7.11 Å². The maximum absolute atomic E-state index is 10.7. The molecule has 1 aromatic rings. The number of hydrogen-bond donors (Lipinski definition) is 0. The van der Waals surface area contributed by atoms with E-state index in [2.05, 4.69) is 33.9 Å². The van der Waals surface area contributed by atoms with Crippen LogP contribution >= 0.6 is 0 Å². The van der Waals surface area contributed by atoms with Gasteiger partial charge in [-0.3, -0.25) is 4.79 Å². The van der Waals surface area contributed by atoms with E-state index < -0.39 is 8.32 Å². The first-order valence-electron chi connectivity index (χ1n) is 7.11. The molecule has 0 aliphatic carbocycles. The monoisotopic (exact) mass is 306 g/mol. The second kappa shape index (κ2) is 6.48. The molecule has 0 fully saturated rings. The van der Waals surface area contributed by atoms with E-state index in [-0.39, 0.29) is 5.04 Å². The first-order chi connectivity index (χ1) is 9.60. The lowest BCUT2D eigenvalue weighted by Crippen LogP contribution is -2.43. The summed E-state index contributed by atoms with van der Waals surface area (Å²) in [5, 5.41) is 0.130. The lowest BCUT2D eigenvalue weighted by atomic mass is 10.1. The molecule has 1 aromatic carbocycles. The average Bonchev–Trinajstić information content (AvgIpc) is 2.38. The number of benzene rings is 1. The molecule has 0 aliphatic rings. The molecular formula is C17H26O3Si. The quantitative estimate of drug-likeness (QED) is 0.450. The van der Waals surface area contributed by atoms with Crippen LogP contribution in [-0.4, -0.2) is 21.7 Å². The van der Waals surface area contributed by atoms with Gasteiger partial charge in [-0.1, -0.05) is 26.8 Å². The van der Waals surface area contributed by atoms with Crippen molar-refractivity contribution in [3.8, 4) is 11.5 Å². The van der Waals surface area contributed by atoms with E-state index in [4.69, 9.17) is 9.16 Å². The second-order valence-electron chi connectivity index (χ2n) is 6.78. The molecule has 1 rings (SSSR count). The van der Waals surface area contributed by atoms with E-state index in [1.165, 1.54) is 0 Å². The highest BCUT2D eigenvalue weighted by atomic mass is 28.4. The van der Waals surface area contributed by atoms with Gasteiger partial charge in [0.15, 0.2) is 5.75 Å². The highest BCUT2D eigenvalue weighted by Crippen LogP contribution is 2.40. The summed E-state index contributed by atoms with van der Waals surface area (Å²) in [6.07, 6.45) is 2.66. The predicted octanol–water partition coefficient (Wildman–Crippen LogP) is 4.68. The number of ether oxygens (including phenoxy) is 1. The van der Waals surface area contributed by atoms with Crippen LogP contribution in [0.15, 0.2) is 23.8 Å². The molecular weight excluding hydrogens is 280 g/mol. The van der Waals surface area contributed by atoms with Crippen molar-refractivity contribution in [3.05, 3.63) is 29.3 Å². The maximum Gasteiger partial charge on any atom is 0.250 e. The van der Waals surface area contributed by atoms with Crippen molar-refractivity contribution in [3.63, 3.8) is 0 Å². The zero-order valence-electron chi connectivity index (χ0n) is 14.1. The van der Waals surface area contributed by atoms with E-state index in [9.17, 15) is 4.79 Å². The molecule has 0 aromatic heterocycles. The molecule has 4 heteroatoms. The van der Waals surface area contributed by atoms with Crippen molar-refractivity contribution in [1.29, 1.82) is 0 Å². The third kappa shape index (κ3) is 4.46. The first-order valence-corrected chi connectivity index (χ1v) is 10.0. The van der Waals surface area contributed by atoms with E-state index >= 15 is 0 Å². The minimum atomic E-state index is -1.90. The largest absolute Gasteiger partial charge is 0.541 e. The van der Waals surface area contributed by atoms with Crippen molar-refractivity contribution < 1.29 is 14.0 Å². The number of methoxy groups -OCH3 is 1. The molecule has 21 heavy (non-hydrogen) atoms. The average molecular weight is 306 g/mol. The summed E-state index contributed by atoms with van der Waals surface area (Å²) in [7, 11) is -0.268. The lowest BCUT2D eigenvalue weighted by molar-refractivity contribution is -0.104. The van der Waals surface area contributed by atoms with Crippen LogP contribution < -0.4 is 9.16 Å². The third-order valence-corrected chi connectivity index (χ3v) is 8.28. The van der Waals surface area contributed by atoms with Crippen molar-refractivity contribution >= 4 is 20.7 Å². The van der Waals surface area contributed by atoms with Gasteiger partial charge in [-0.2, -0.15) is 0 Å². The molecule has 0 bridgehead atoms. The fourth-order valence-corrected chi connectivity index (χ4v) is 2.61. The van der Waals surface area contributed by atoms with Crippen molar-refractivity contribution in [2.24, 2.45) is 0 Å². The maximum atomic E-state index is 10.7. The van der Waals surface area contributed by atoms with Crippen molar-refractivity contribution in [2.75, 3.05) is 7.11 Å². The topological polar surface area (TPSA) is 35.5 Å². The Balaban J connectivity index is 3.13. The van der Waals surface area contributed by atoms with E-state index in [0.717, 1.165) is 17.6 Å². The summed E-state index contributed by atoms with van der Waals surface area (Å²) in [4.78, 5) is 10.7. The van der Waals surface area contributed by atoms with Gasteiger partial charge in [0.25, 0.3) is 8.32 Å². The van der Waals surface area contributed by atoms with Gasteiger partial charge in [0, 0.05) is 0 Å². The number of carbonyl (C=O) groups excluding carboxylic acids is 1. The molecule has 0 saturated heterocycles. The Morgan fingerprint density at radius 3 is 2.29 bits per heavy atom. The Bertz CT molecular complexity index is 539. The Kier molecular flexibility index (Phi) is 5.40. The molecule has 0 amide bonds. The summed E-state index contributed by atoms with van der Waals surface area (Å²) >= 11 is 0. The predicted molar refractivity (Wildman–Crippen MR) is 90.5 cm³/mol. The zero-order chi connectivity index (χ0) is 16.3. The summed E-state index contributed by atoms with van der Waals surface area (Å²) in [6.45, 7) is 12.8. The van der Waals surface area contributed by atoms with Gasteiger partial charge in [0.2, 0.25) is 0 Å². The fourth-order valence-electron chi connectivity index (χ4n) is 1.58. The minimum absolute atomic E-state index is 0.130. The fraction of sp³-hybridized carbons (Fsp3) is 0.471. The molecule has 0 unspecified atom stereocenters. The molecule has 0 atom stereocenters. The Hall–Kier alpha value is -1.55. The Morgan fingerprint density at radius 2 is 1.81 bits per heavy atom. The standard InChI is InChI=1S/C17H26O3Si/c1-13(12-18)10-14-8-9-15(16(11-14)19-5)20-21(6,7)17(2,3)4/h8-12H,1-7H3/b13-10+. The van der Waals surface area contributed by atoms with Crippen LogP contribution in [0.25, 0.3) is 6.08 Å². The number of aldehydes is 1. The summed E-state index contributed by atoms with van der Waals surface area (Å²) in [5.41, 5.74) is 1.61. The van der Waals surface area contributed by atoms with Crippen LogP contribution in [0.3, 0.4) is 0 Å². The summed E-state index contributed by atoms with van der Waals surface area (Å²) in [6, 6.07) is 5.76. The van der Waals surface area contributed by atoms with E-state index in [0.29, 0.717) is 11.3 Å². The SMILES string of the molecule is COc1cc(/C=C(\C)C=O)ccc1O[Si](C)(C)C(C)(C)C. The molecule has 0 heterocycles. The van der Waals surface area contributed by atoms with Crippen molar-refractivity contribution in [1.82, 2.24) is 0 Å². The third-order valence-electron chi connectivity index (χ3n) is 3.94. The van der Waals surface area contributed by atoms with Gasteiger partial charge >= 0.3 is 0 Å². The molecule has 0 saturated carbocycles. The van der Waals surface area contributed by atoms with E-state index in [1.54, 1.807) is 14.0 Å². The highest BCUT2D eigenvalue weighted by Gasteiger charge is 2.39. The van der Waals surface area contributed by atoms with Crippen LogP contribution in [0.1, 0.15) is 33.3 Å². The molecule has 116 valence electrons. The summed E-state index contributed by atoms with van der Waals surface area (Å²) < 4.78 is 11.7. The van der Waals surface area contributed by atoms with Crippen molar-refractivity contribution in [2.45, 2.75) is 45.8 Å². The van der Waals surface area contributed by atoms with Crippen LogP contribution in [0.2, 0.25) is 18.1 Å². The lowest BCUT2D eigenvalue weighted by Gasteiger charge is -2.36. The minimum Gasteiger partial charge on any atom is -0.541 e. The molecule has 0 aliphatic heterocycles. The van der Waals surface area contributed by atoms with E-state index in [1.807, 2.05) is 24.3 Å². The zero-order valence-corrected chi connectivity index (χ0v) is 15.1. The summed E-state index contributed by atoms with van der Waals surface area (Å²) in [5.74, 6) is 1.47. The molecule has 3 nitrogen and oxygen atoms in total. The van der Waals surface area contributed by atoms with Crippen LogP contribution in [0.5, 0.6) is 11.5 Å². The first kappa shape index (κ1) is 17.5. The smallest absolute Gasteiger partial charge is 0.250 e. The van der Waals surface area contributed by atoms with Gasteiger partial charge in [-0.15, -0.1) is 0 Å². The number of hydrogen-bond acceptors (Lipinski definition) is 3. The Morgan fingerprint density at radius 1 is 1.19 bits per heavy atom. The normalized spacial score (nSPS) is 13.0. The van der Waals surface area contributed by atoms with Gasteiger partial charge < -0.3 is 9.16 Å². The molecule has 0 spiro atoms. The van der Waals surface area contributed by atoms with Crippen LogP contribution in [0.4, 0.5) is 0 Å². The van der Waals surface area contributed by atoms with Gasteiger partial charge in [0.1, 0.15) is 12.0 Å². The second-order valence-corrected chi connectivity index (χ2v) is 11.5. The highest BCUT2D eigenvalue weighted by molar-refractivity contribution is 6.74. The molecule has 0 radical (unpaired) electrons. The van der Waals surface area contributed by atoms with Gasteiger partial charge in [-0.25, -0.2) is 0 Å². The van der Waals surface area contributed by atoms with Gasteiger partial charge in [-0.05, 0) is 54.4 Å². The van der Waals surface area contributed by atoms with Crippen LogP contribution in [0, 0.1) is 0 Å². The molecule has 0 N–H and O–H groups in total.